The van der Waals surface area contributed by atoms with Gasteiger partial charge in [-0.2, -0.15) is 0 Å². The fourth-order valence-corrected chi connectivity index (χ4v) is 3.71. The van der Waals surface area contributed by atoms with Crippen molar-refractivity contribution in [3.63, 3.8) is 0 Å². The van der Waals surface area contributed by atoms with Gasteiger partial charge in [-0.05, 0) is 24.3 Å². The van der Waals surface area contributed by atoms with Crippen LogP contribution >= 0.6 is 11.3 Å². The molecule has 2 N–H and O–H groups in total. The summed E-state index contributed by atoms with van der Waals surface area (Å²) in [4.78, 5) is 40.2. The number of aryl methyl sites for hydroxylation is 1. The Balaban J connectivity index is 1.61. The Morgan fingerprint density at radius 2 is 2.26 bits per heavy atom. The van der Waals surface area contributed by atoms with Crippen molar-refractivity contribution in [2.45, 2.75) is 38.3 Å². The van der Waals surface area contributed by atoms with Crippen LogP contribution in [0.1, 0.15) is 25.7 Å². The average molecular weight is 335 g/mol. The van der Waals surface area contributed by atoms with Gasteiger partial charge in [-0.15, -0.1) is 11.3 Å². The van der Waals surface area contributed by atoms with E-state index in [1.54, 1.807) is 6.07 Å². The predicted octanol–water partition coefficient (Wildman–Crippen LogP) is 1.22. The topological polar surface area (TPSA) is 101 Å². The van der Waals surface area contributed by atoms with Crippen molar-refractivity contribution in [2.75, 3.05) is 0 Å². The number of carboxylic acids is 1. The number of carboxylic acid groups (broad SMARTS) is 1. The Kier molecular flexibility index (Phi) is 4.42. The molecular weight excluding hydrogens is 318 g/mol. The van der Waals surface area contributed by atoms with Gasteiger partial charge in [-0.1, -0.05) is 6.42 Å². The highest BCUT2D eigenvalue weighted by atomic mass is 32.1. The highest BCUT2D eigenvalue weighted by Gasteiger charge is 2.33. The molecule has 1 aliphatic carbocycles. The van der Waals surface area contributed by atoms with Crippen LogP contribution in [0.2, 0.25) is 0 Å². The number of rotatable bonds is 5. The summed E-state index contributed by atoms with van der Waals surface area (Å²) in [5, 5.41) is 14.3. The normalized spacial score (nSPS) is 20.7. The molecule has 0 radical (unpaired) electrons. The van der Waals surface area contributed by atoms with Gasteiger partial charge in [0.2, 0.25) is 5.91 Å². The Morgan fingerprint density at radius 3 is 3.04 bits per heavy atom. The zero-order valence-electron chi connectivity index (χ0n) is 12.4. The standard InChI is InChI=1S/C15H17N3O4S/c19-12(17-11-3-1-2-9(11)15(21)22)4-6-18-8-16-13-10(14(18)20)5-7-23-13/h5,7-9,11H,1-4,6H2,(H,17,19)(H,21,22)/t9-,11+/m1/s1. The first kappa shape index (κ1) is 15.7. The van der Waals surface area contributed by atoms with Gasteiger partial charge in [-0.25, -0.2) is 4.98 Å². The number of hydrogen-bond acceptors (Lipinski definition) is 5. The number of aromatic nitrogens is 2. The molecule has 2 heterocycles. The van der Waals surface area contributed by atoms with Gasteiger partial charge in [0.1, 0.15) is 4.83 Å². The van der Waals surface area contributed by atoms with Crippen LogP contribution in [-0.2, 0) is 16.1 Å². The molecule has 3 rings (SSSR count). The molecule has 0 aliphatic heterocycles. The first-order chi connectivity index (χ1) is 11.1. The zero-order valence-corrected chi connectivity index (χ0v) is 13.2. The maximum Gasteiger partial charge on any atom is 0.308 e. The molecule has 0 unspecified atom stereocenters. The molecule has 0 saturated heterocycles. The molecule has 2 aromatic heterocycles. The van der Waals surface area contributed by atoms with Gasteiger partial charge < -0.3 is 10.4 Å². The van der Waals surface area contributed by atoms with Crippen LogP contribution in [-0.4, -0.2) is 32.6 Å². The van der Waals surface area contributed by atoms with Crippen LogP contribution < -0.4 is 10.9 Å². The quantitative estimate of drug-likeness (QED) is 0.855. The molecule has 0 bridgehead atoms. The maximum atomic E-state index is 12.2. The highest BCUT2D eigenvalue weighted by Crippen LogP contribution is 2.25. The summed E-state index contributed by atoms with van der Waals surface area (Å²) in [6.07, 6.45) is 3.66. The van der Waals surface area contributed by atoms with Gasteiger partial charge in [0.25, 0.3) is 5.56 Å². The molecule has 0 aromatic carbocycles. The van der Waals surface area contributed by atoms with Gasteiger partial charge in [0.15, 0.2) is 0 Å². The van der Waals surface area contributed by atoms with E-state index >= 15 is 0 Å². The summed E-state index contributed by atoms with van der Waals surface area (Å²) in [6, 6.07) is 1.41. The number of fused-ring (bicyclic) bond motifs is 1. The number of nitrogens with one attached hydrogen (secondary N) is 1. The largest absolute Gasteiger partial charge is 0.481 e. The number of thiophene rings is 1. The van der Waals surface area contributed by atoms with Gasteiger partial charge in [0, 0.05) is 19.0 Å². The minimum absolute atomic E-state index is 0.125. The first-order valence-corrected chi connectivity index (χ1v) is 8.39. The van der Waals surface area contributed by atoms with Crippen molar-refractivity contribution in [1.29, 1.82) is 0 Å². The number of amides is 1. The molecular formula is C15H17N3O4S. The van der Waals surface area contributed by atoms with Gasteiger partial charge in [0.05, 0.1) is 17.6 Å². The molecule has 122 valence electrons. The van der Waals surface area contributed by atoms with Crippen molar-refractivity contribution in [2.24, 2.45) is 5.92 Å². The van der Waals surface area contributed by atoms with Crippen molar-refractivity contribution in [3.05, 3.63) is 28.1 Å². The molecule has 1 fully saturated rings. The second kappa shape index (κ2) is 6.49. The summed E-state index contributed by atoms with van der Waals surface area (Å²) >= 11 is 1.40. The molecule has 1 amide bonds. The smallest absolute Gasteiger partial charge is 0.308 e. The van der Waals surface area contributed by atoms with E-state index in [4.69, 9.17) is 5.11 Å². The van der Waals surface area contributed by atoms with Crippen molar-refractivity contribution in [1.82, 2.24) is 14.9 Å². The maximum absolute atomic E-state index is 12.2. The molecule has 2 atom stereocenters. The molecule has 7 nitrogen and oxygen atoms in total. The van der Waals surface area contributed by atoms with E-state index in [2.05, 4.69) is 10.3 Å². The average Bonchev–Trinajstić information content (AvgIpc) is 3.15. The van der Waals surface area contributed by atoms with Crippen molar-refractivity contribution in [3.8, 4) is 0 Å². The number of aliphatic carboxylic acids is 1. The van der Waals surface area contributed by atoms with Crippen LogP contribution in [0.3, 0.4) is 0 Å². The summed E-state index contributed by atoms with van der Waals surface area (Å²) < 4.78 is 1.41. The summed E-state index contributed by atoms with van der Waals surface area (Å²) in [5.41, 5.74) is -0.159. The van der Waals surface area contributed by atoms with Crippen LogP contribution in [0.4, 0.5) is 0 Å². The number of carbonyl (C=O) groups excluding carboxylic acids is 1. The van der Waals surface area contributed by atoms with Crippen LogP contribution in [0.5, 0.6) is 0 Å². The Bertz CT molecular complexity index is 797. The molecule has 23 heavy (non-hydrogen) atoms. The SMILES string of the molecule is O=C(CCn1cnc2sccc2c1=O)N[C@H]1CCC[C@H]1C(=O)O. The fourth-order valence-electron chi connectivity index (χ4n) is 2.98. The second-order valence-electron chi connectivity index (χ2n) is 5.68. The van der Waals surface area contributed by atoms with Crippen molar-refractivity contribution < 1.29 is 14.7 Å². The van der Waals surface area contributed by atoms with Crippen LogP contribution in [0.25, 0.3) is 10.2 Å². The minimum Gasteiger partial charge on any atom is -0.481 e. The molecule has 1 aliphatic rings. The van der Waals surface area contributed by atoms with Crippen LogP contribution in [0, 0.1) is 5.92 Å². The lowest BCUT2D eigenvalue weighted by Gasteiger charge is -2.17. The van der Waals surface area contributed by atoms with E-state index in [0.29, 0.717) is 23.1 Å². The minimum atomic E-state index is -0.865. The lowest BCUT2D eigenvalue weighted by atomic mass is 10.0. The third-order valence-electron chi connectivity index (χ3n) is 4.21. The van der Waals surface area contributed by atoms with E-state index in [1.165, 1.54) is 22.2 Å². The molecule has 1 saturated carbocycles. The summed E-state index contributed by atoms with van der Waals surface area (Å²) in [7, 11) is 0. The molecule has 2 aromatic rings. The summed E-state index contributed by atoms with van der Waals surface area (Å²) in [5.74, 6) is -1.61. The van der Waals surface area contributed by atoms with Crippen LogP contribution in [0.15, 0.2) is 22.6 Å². The lowest BCUT2D eigenvalue weighted by Crippen LogP contribution is -2.40. The predicted molar refractivity (Wildman–Crippen MR) is 85.4 cm³/mol. The lowest BCUT2D eigenvalue weighted by molar-refractivity contribution is -0.142. The Hall–Kier alpha value is -2.22. The number of hydrogen-bond donors (Lipinski definition) is 2. The molecule has 0 spiro atoms. The Labute approximate surface area is 136 Å². The van der Waals surface area contributed by atoms with E-state index in [1.807, 2.05) is 5.38 Å². The fraction of sp³-hybridized carbons (Fsp3) is 0.467. The molecule has 8 heteroatoms. The Morgan fingerprint density at radius 1 is 1.43 bits per heavy atom. The van der Waals surface area contributed by atoms with E-state index in [-0.39, 0.29) is 30.5 Å². The number of carbonyl (C=O) groups is 2. The summed E-state index contributed by atoms with van der Waals surface area (Å²) in [6.45, 7) is 0.230. The van der Waals surface area contributed by atoms with E-state index in [9.17, 15) is 14.4 Å². The zero-order chi connectivity index (χ0) is 16.4. The number of nitrogens with zero attached hydrogens (tertiary/aromatic N) is 2. The first-order valence-electron chi connectivity index (χ1n) is 7.51. The van der Waals surface area contributed by atoms with E-state index in [0.717, 1.165) is 6.42 Å². The van der Waals surface area contributed by atoms with E-state index < -0.39 is 11.9 Å². The highest BCUT2D eigenvalue weighted by molar-refractivity contribution is 7.16. The van der Waals surface area contributed by atoms with Gasteiger partial charge in [-0.3, -0.25) is 19.0 Å². The monoisotopic (exact) mass is 335 g/mol. The van der Waals surface area contributed by atoms with Gasteiger partial charge >= 0.3 is 5.97 Å². The third kappa shape index (κ3) is 3.26. The second-order valence-corrected chi connectivity index (χ2v) is 6.58. The third-order valence-corrected chi connectivity index (χ3v) is 5.03. The van der Waals surface area contributed by atoms with Crippen molar-refractivity contribution >= 4 is 33.4 Å².